The zero-order valence-corrected chi connectivity index (χ0v) is 13.6. The number of nitrogens with zero attached hydrogens (tertiary/aromatic N) is 2. The molecule has 0 aliphatic rings. The lowest BCUT2D eigenvalue weighted by Gasteiger charge is -2.18. The molecule has 108 valence electrons. The van der Waals surface area contributed by atoms with Gasteiger partial charge in [-0.1, -0.05) is 6.07 Å². The van der Waals surface area contributed by atoms with Crippen molar-refractivity contribution in [3.63, 3.8) is 0 Å². The molecule has 0 aliphatic carbocycles. The molecular formula is C16H16N2OS2. The molecule has 0 aromatic carbocycles. The van der Waals surface area contributed by atoms with Gasteiger partial charge in [0, 0.05) is 35.1 Å². The first-order valence-electron chi connectivity index (χ1n) is 6.96. The molecule has 0 bridgehead atoms. The van der Waals surface area contributed by atoms with Crippen LogP contribution in [0.4, 0.5) is 0 Å². The minimum atomic E-state index is 0.103. The van der Waals surface area contributed by atoms with E-state index in [4.69, 9.17) is 0 Å². The molecule has 1 amide bonds. The van der Waals surface area contributed by atoms with Gasteiger partial charge >= 0.3 is 0 Å². The van der Waals surface area contributed by atoms with E-state index >= 15 is 0 Å². The molecule has 5 heteroatoms. The molecule has 0 N–H and O–H groups in total. The summed E-state index contributed by atoms with van der Waals surface area (Å²) in [5, 5.41) is 3.11. The predicted molar refractivity (Wildman–Crippen MR) is 90.2 cm³/mol. The summed E-state index contributed by atoms with van der Waals surface area (Å²) in [6, 6.07) is 8.06. The summed E-state index contributed by atoms with van der Waals surface area (Å²) in [4.78, 5) is 21.9. The van der Waals surface area contributed by atoms with Crippen molar-refractivity contribution < 1.29 is 4.79 Å². The Morgan fingerprint density at radius 3 is 2.71 bits per heavy atom. The summed E-state index contributed by atoms with van der Waals surface area (Å²) >= 11 is 3.16. The van der Waals surface area contributed by atoms with Crippen LogP contribution in [0.3, 0.4) is 0 Å². The maximum Gasteiger partial charge on any atom is 0.264 e. The summed E-state index contributed by atoms with van der Waals surface area (Å²) in [6.07, 6.45) is 1.78. The molecule has 0 unspecified atom stereocenters. The normalized spacial score (nSPS) is 11.0. The number of carbonyl (C=O) groups is 1. The number of carbonyl (C=O) groups excluding carboxylic acids is 1. The van der Waals surface area contributed by atoms with Gasteiger partial charge in [0.1, 0.15) is 9.71 Å². The molecule has 0 spiro atoms. The van der Waals surface area contributed by atoms with Gasteiger partial charge in [0.05, 0.1) is 0 Å². The summed E-state index contributed by atoms with van der Waals surface area (Å²) in [6.45, 7) is 5.47. The van der Waals surface area contributed by atoms with Crippen LogP contribution in [-0.4, -0.2) is 28.9 Å². The molecule has 0 aliphatic heterocycles. The molecule has 0 radical (unpaired) electrons. The molecule has 3 heterocycles. The fourth-order valence-corrected chi connectivity index (χ4v) is 4.38. The highest BCUT2D eigenvalue weighted by molar-refractivity contribution is 7.22. The summed E-state index contributed by atoms with van der Waals surface area (Å²) in [5.74, 6) is 0.103. The second kappa shape index (κ2) is 5.95. The highest BCUT2D eigenvalue weighted by atomic mass is 32.1. The van der Waals surface area contributed by atoms with Crippen molar-refractivity contribution in [3.05, 3.63) is 40.7 Å². The number of thiophene rings is 2. The molecule has 3 rings (SSSR count). The molecule has 0 fully saturated rings. The largest absolute Gasteiger partial charge is 0.338 e. The second-order valence-corrected chi connectivity index (χ2v) is 6.56. The highest BCUT2D eigenvalue weighted by Gasteiger charge is 2.23. The molecule has 3 aromatic heterocycles. The zero-order chi connectivity index (χ0) is 14.8. The predicted octanol–water partition coefficient (Wildman–Crippen LogP) is 4.51. The van der Waals surface area contributed by atoms with Crippen molar-refractivity contribution in [2.24, 2.45) is 0 Å². The number of hydrogen-bond acceptors (Lipinski definition) is 4. The van der Waals surface area contributed by atoms with Gasteiger partial charge in [-0.25, -0.2) is 4.98 Å². The lowest BCUT2D eigenvalue weighted by atomic mass is 10.1. The number of fused-ring (bicyclic) bond motifs is 1. The van der Waals surface area contributed by atoms with Crippen molar-refractivity contribution in [1.82, 2.24) is 9.88 Å². The molecule has 0 saturated carbocycles. The summed E-state index contributed by atoms with van der Waals surface area (Å²) in [5.41, 5.74) is 1.04. The lowest BCUT2D eigenvalue weighted by molar-refractivity contribution is 0.0778. The minimum absolute atomic E-state index is 0.103. The third-order valence-electron chi connectivity index (χ3n) is 3.48. The number of rotatable bonds is 4. The quantitative estimate of drug-likeness (QED) is 0.709. The van der Waals surface area contributed by atoms with Crippen molar-refractivity contribution in [2.75, 3.05) is 13.1 Å². The van der Waals surface area contributed by atoms with E-state index in [2.05, 4.69) is 11.1 Å². The van der Waals surface area contributed by atoms with Gasteiger partial charge in [0.2, 0.25) is 0 Å². The van der Waals surface area contributed by atoms with Crippen LogP contribution in [0, 0.1) is 0 Å². The lowest BCUT2D eigenvalue weighted by Crippen LogP contribution is -2.30. The van der Waals surface area contributed by atoms with Gasteiger partial charge in [-0.15, -0.1) is 22.7 Å². The van der Waals surface area contributed by atoms with E-state index in [1.165, 1.54) is 11.3 Å². The van der Waals surface area contributed by atoms with Crippen LogP contribution in [0.15, 0.2) is 35.8 Å². The number of hydrogen-bond donors (Lipinski definition) is 0. The third kappa shape index (κ3) is 2.47. The fourth-order valence-electron chi connectivity index (χ4n) is 2.40. The number of amides is 1. The van der Waals surface area contributed by atoms with E-state index in [9.17, 15) is 4.79 Å². The Bertz CT molecular complexity index is 758. The molecule has 3 nitrogen and oxygen atoms in total. The SMILES string of the molecule is CCN(CC)C(=O)c1sc2ncccc2c1-c1cccs1. The van der Waals surface area contributed by atoms with Gasteiger partial charge in [0.25, 0.3) is 5.91 Å². The maximum absolute atomic E-state index is 12.8. The Morgan fingerprint density at radius 2 is 2.05 bits per heavy atom. The zero-order valence-electron chi connectivity index (χ0n) is 12.0. The summed E-state index contributed by atoms with van der Waals surface area (Å²) in [7, 11) is 0. The van der Waals surface area contributed by atoms with Gasteiger partial charge in [-0.05, 0) is 37.4 Å². The van der Waals surface area contributed by atoms with Crippen LogP contribution < -0.4 is 0 Å². The smallest absolute Gasteiger partial charge is 0.264 e. The van der Waals surface area contributed by atoms with E-state index in [0.717, 1.165) is 38.6 Å². The average Bonchev–Trinajstić information content (AvgIpc) is 3.14. The van der Waals surface area contributed by atoms with Crippen LogP contribution >= 0.6 is 22.7 Å². The summed E-state index contributed by atoms with van der Waals surface area (Å²) < 4.78 is 0. The topological polar surface area (TPSA) is 33.2 Å². The monoisotopic (exact) mass is 316 g/mol. The van der Waals surface area contributed by atoms with Crippen LogP contribution in [0.2, 0.25) is 0 Å². The standard InChI is InChI=1S/C16H16N2OS2/c1-3-18(4-2)16(19)14-13(12-8-6-10-20-12)11-7-5-9-17-15(11)21-14/h5-10H,3-4H2,1-2H3. The molecule has 0 saturated heterocycles. The Morgan fingerprint density at radius 1 is 1.24 bits per heavy atom. The molecule has 21 heavy (non-hydrogen) atoms. The Balaban J connectivity index is 2.22. The van der Waals surface area contributed by atoms with E-state index in [1.807, 2.05) is 42.3 Å². The third-order valence-corrected chi connectivity index (χ3v) is 5.47. The Kier molecular flexibility index (Phi) is 4.03. The van der Waals surface area contributed by atoms with Crippen LogP contribution in [-0.2, 0) is 0 Å². The van der Waals surface area contributed by atoms with Gasteiger partial charge in [0.15, 0.2) is 0 Å². The Labute approximate surface area is 131 Å². The minimum Gasteiger partial charge on any atom is -0.338 e. The molecule has 0 atom stereocenters. The number of pyridine rings is 1. The second-order valence-electron chi connectivity index (χ2n) is 4.62. The van der Waals surface area contributed by atoms with Crippen LogP contribution in [0.1, 0.15) is 23.5 Å². The van der Waals surface area contributed by atoms with E-state index in [0.29, 0.717) is 0 Å². The fraction of sp³-hybridized carbons (Fsp3) is 0.250. The van der Waals surface area contributed by atoms with Gasteiger partial charge in [-0.2, -0.15) is 0 Å². The van der Waals surface area contributed by atoms with Crippen molar-refractivity contribution in [3.8, 4) is 10.4 Å². The molecular weight excluding hydrogens is 300 g/mol. The number of aromatic nitrogens is 1. The molecule has 3 aromatic rings. The Hall–Kier alpha value is -1.72. The van der Waals surface area contributed by atoms with E-state index < -0.39 is 0 Å². The van der Waals surface area contributed by atoms with Crippen LogP contribution in [0.5, 0.6) is 0 Å². The average molecular weight is 316 g/mol. The first-order valence-corrected chi connectivity index (χ1v) is 8.66. The van der Waals surface area contributed by atoms with Gasteiger partial charge < -0.3 is 4.90 Å². The van der Waals surface area contributed by atoms with Gasteiger partial charge in [-0.3, -0.25) is 4.79 Å². The van der Waals surface area contributed by atoms with Crippen LogP contribution in [0.25, 0.3) is 20.7 Å². The first kappa shape index (κ1) is 14.2. The van der Waals surface area contributed by atoms with Crippen molar-refractivity contribution in [2.45, 2.75) is 13.8 Å². The van der Waals surface area contributed by atoms with E-state index in [-0.39, 0.29) is 5.91 Å². The maximum atomic E-state index is 12.8. The highest BCUT2D eigenvalue weighted by Crippen LogP contribution is 2.40. The van der Waals surface area contributed by atoms with Crippen molar-refractivity contribution in [1.29, 1.82) is 0 Å². The van der Waals surface area contributed by atoms with Crippen molar-refractivity contribution >= 4 is 38.8 Å². The van der Waals surface area contributed by atoms with E-state index in [1.54, 1.807) is 17.5 Å². The first-order chi connectivity index (χ1) is 10.3.